The Kier molecular flexibility index (Phi) is 3.42. The molecule has 2 atom stereocenters. The largest absolute Gasteiger partial charge is 0.459 e. The van der Waals surface area contributed by atoms with Gasteiger partial charge in [-0.15, -0.1) is 0 Å². The van der Waals surface area contributed by atoms with Gasteiger partial charge in [0.05, 0.1) is 11.7 Å². The van der Waals surface area contributed by atoms with Gasteiger partial charge in [-0.3, -0.25) is 14.4 Å². The van der Waals surface area contributed by atoms with Gasteiger partial charge in [-0.2, -0.15) is 0 Å². The van der Waals surface area contributed by atoms with Crippen molar-refractivity contribution < 1.29 is 23.9 Å². The molecule has 1 aromatic rings. The van der Waals surface area contributed by atoms with Crippen molar-refractivity contribution in [3.8, 4) is 5.88 Å². The third kappa shape index (κ3) is 2.60. The molecule has 3 N–H and O–H groups in total. The Labute approximate surface area is 144 Å². The number of nitrogens with one attached hydrogen (secondary N) is 1. The van der Waals surface area contributed by atoms with Crippen LogP contribution >= 0.6 is 0 Å². The van der Waals surface area contributed by atoms with Gasteiger partial charge < -0.3 is 20.2 Å². The van der Waals surface area contributed by atoms with E-state index in [1.54, 1.807) is 0 Å². The quantitative estimate of drug-likeness (QED) is 0.791. The zero-order chi connectivity index (χ0) is 17.8. The van der Waals surface area contributed by atoms with E-state index in [2.05, 4.69) is 9.97 Å². The lowest BCUT2D eigenvalue weighted by atomic mass is 9.48. The minimum absolute atomic E-state index is 0.0206. The molecular formula is C17H21N3O5. The highest BCUT2D eigenvalue weighted by Gasteiger charge is 2.63. The molecule has 8 heteroatoms. The summed E-state index contributed by atoms with van der Waals surface area (Å²) in [7, 11) is 0. The molecule has 8 nitrogen and oxygen atoms in total. The first kappa shape index (κ1) is 16.1. The number of esters is 2. The van der Waals surface area contributed by atoms with Crippen LogP contribution in [0.1, 0.15) is 55.9 Å². The first-order chi connectivity index (χ1) is 11.8. The van der Waals surface area contributed by atoms with Crippen LogP contribution in [0.25, 0.3) is 0 Å². The van der Waals surface area contributed by atoms with E-state index in [1.807, 2.05) is 0 Å². The number of carbonyl (C=O) groups is 3. The van der Waals surface area contributed by atoms with E-state index < -0.39 is 22.9 Å². The Hall–Kier alpha value is -2.38. The van der Waals surface area contributed by atoms with Crippen LogP contribution in [-0.4, -0.2) is 33.4 Å². The van der Waals surface area contributed by atoms with Crippen LogP contribution < -0.4 is 10.5 Å². The third-order valence-electron chi connectivity index (χ3n) is 5.84. The van der Waals surface area contributed by atoms with Crippen LogP contribution in [0.2, 0.25) is 0 Å². The maximum absolute atomic E-state index is 13.0. The molecule has 4 aliphatic rings. The summed E-state index contributed by atoms with van der Waals surface area (Å²) >= 11 is 0. The molecule has 2 unspecified atom stereocenters. The van der Waals surface area contributed by atoms with E-state index in [1.165, 1.54) is 13.3 Å². The molecule has 5 rings (SSSR count). The van der Waals surface area contributed by atoms with E-state index in [4.69, 9.17) is 15.2 Å². The fourth-order valence-electron chi connectivity index (χ4n) is 5.57. The zero-order valence-electron chi connectivity index (χ0n) is 14.0. The number of ether oxygens (including phenoxy) is 2. The Morgan fingerprint density at radius 1 is 1.24 bits per heavy atom. The molecule has 4 saturated carbocycles. The van der Waals surface area contributed by atoms with Crippen molar-refractivity contribution in [3.05, 3.63) is 12.0 Å². The molecule has 0 saturated heterocycles. The number of nitrogens with zero attached hydrogens (tertiary/aromatic N) is 1. The predicted octanol–water partition coefficient (Wildman–Crippen LogP) is 1.32. The second-order valence-corrected chi connectivity index (χ2v) is 7.85. The fourth-order valence-corrected chi connectivity index (χ4v) is 5.57. The van der Waals surface area contributed by atoms with Crippen LogP contribution in [0.3, 0.4) is 0 Å². The SMILES string of the molecule is CC(=O)OC12CC3CC(C1)CC(C(=O)Oc1nc[nH]c1C(N)=O)(C3)C2. The van der Waals surface area contributed by atoms with E-state index in [-0.39, 0.29) is 17.5 Å². The Balaban J connectivity index is 1.60. The van der Waals surface area contributed by atoms with Gasteiger partial charge in [-0.25, -0.2) is 4.98 Å². The number of amides is 1. The number of hydrogen-bond donors (Lipinski definition) is 2. The van der Waals surface area contributed by atoms with Crippen LogP contribution in [0.4, 0.5) is 0 Å². The summed E-state index contributed by atoms with van der Waals surface area (Å²) in [6.07, 6.45) is 5.88. The standard InChI is InChI=1S/C17H21N3O5/c1-9(21)25-17-5-10-2-11(6-17)4-16(3-10,7-17)15(23)24-14-12(13(18)22)19-8-20-14/h8,10-11H,2-7H2,1H3,(H2,18,22)(H,19,20). The van der Waals surface area contributed by atoms with Gasteiger partial charge in [0.2, 0.25) is 0 Å². The molecule has 25 heavy (non-hydrogen) atoms. The number of rotatable bonds is 4. The van der Waals surface area contributed by atoms with E-state index >= 15 is 0 Å². The average Bonchev–Trinajstić information content (AvgIpc) is 2.92. The molecule has 4 aliphatic carbocycles. The zero-order valence-corrected chi connectivity index (χ0v) is 14.0. The molecule has 0 aromatic carbocycles. The van der Waals surface area contributed by atoms with Gasteiger partial charge in [0.15, 0.2) is 5.69 Å². The van der Waals surface area contributed by atoms with Gasteiger partial charge in [0.1, 0.15) is 5.60 Å². The summed E-state index contributed by atoms with van der Waals surface area (Å²) in [5.74, 6) is -0.843. The Morgan fingerprint density at radius 2 is 1.92 bits per heavy atom. The van der Waals surface area contributed by atoms with E-state index in [0.29, 0.717) is 18.3 Å². The summed E-state index contributed by atoms with van der Waals surface area (Å²) in [4.78, 5) is 42.4. The molecule has 0 aliphatic heterocycles. The van der Waals surface area contributed by atoms with Gasteiger partial charge >= 0.3 is 11.9 Å². The summed E-state index contributed by atoms with van der Waals surface area (Å²) in [6.45, 7) is 1.41. The van der Waals surface area contributed by atoms with Crippen molar-refractivity contribution in [2.45, 2.75) is 51.0 Å². The van der Waals surface area contributed by atoms with Crippen molar-refractivity contribution in [2.24, 2.45) is 23.0 Å². The number of aromatic amines is 1. The van der Waals surface area contributed by atoms with E-state index in [0.717, 1.165) is 32.1 Å². The second-order valence-electron chi connectivity index (χ2n) is 7.85. The number of imidazole rings is 1. The van der Waals surface area contributed by atoms with E-state index in [9.17, 15) is 14.4 Å². The van der Waals surface area contributed by atoms with Crippen molar-refractivity contribution in [3.63, 3.8) is 0 Å². The lowest BCUT2D eigenvalue weighted by Gasteiger charge is -2.59. The van der Waals surface area contributed by atoms with Gasteiger partial charge in [0, 0.05) is 13.3 Å². The van der Waals surface area contributed by atoms with Gasteiger partial charge in [0.25, 0.3) is 11.8 Å². The predicted molar refractivity (Wildman–Crippen MR) is 84.4 cm³/mol. The number of H-pyrrole nitrogens is 1. The highest BCUT2D eigenvalue weighted by Crippen LogP contribution is 2.63. The first-order valence-corrected chi connectivity index (χ1v) is 8.56. The van der Waals surface area contributed by atoms with Crippen LogP contribution in [0.15, 0.2) is 6.33 Å². The smallest absolute Gasteiger partial charge is 0.319 e. The van der Waals surface area contributed by atoms with Crippen molar-refractivity contribution in [2.75, 3.05) is 0 Å². The number of hydrogen-bond acceptors (Lipinski definition) is 6. The average molecular weight is 347 g/mol. The summed E-state index contributed by atoms with van der Waals surface area (Å²) in [5, 5.41) is 0. The van der Waals surface area contributed by atoms with Crippen molar-refractivity contribution >= 4 is 17.8 Å². The molecule has 0 spiro atoms. The molecule has 0 radical (unpaired) electrons. The maximum atomic E-state index is 13.0. The number of carbonyl (C=O) groups excluding carboxylic acids is 3. The molecule has 4 bridgehead atoms. The molecule has 4 fully saturated rings. The normalized spacial score (nSPS) is 35.4. The monoisotopic (exact) mass is 347 g/mol. The maximum Gasteiger partial charge on any atom is 0.319 e. The minimum Gasteiger partial charge on any atom is -0.459 e. The molecule has 1 heterocycles. The van der Waals surface area contributed by atoms with Gasteiger partial charge in [-0.05, 0) is 43.9 Å². The first-order valence-electron chi connectivity index (χ1n) is 8.56. The number of primary amides is 1. The Bertz CT molecular complexity index is 741. The second kappa shape index (κ2) is 5.31. The van der Waals surface area contributed by atoms with Crippen molar-refractivity contribution in [1.29, 1.82) is 0 Å². The number of aromatic nitrogens is 2. The Morgan fingerprint density at radius 3 is 2.52 bits per heavy atom. The summed E-state index contributed by atoms with van der Waals surface area (Å²) in [5.41, 5.74) is 3.99. The molecule has 1 amide bonds. The lowest BCUT2D eigenvalue weighted by Crippen LogP contribution is -2.60. The molecule has 1 aromatic heterocycles. The fraction of sp³-hybridized carbons (Fsp3) is 0.647. The lowest BCUT2D eigenvalue weighted by molar-refractivity contribution is -0.207. The highest BCUT2D eigenvalue weighted by molar-refractivity contribution is 5.94. The minimum atomic E-state index is -0.734. The third-order valence-corrected chi connectivity index (χ3v) is 5.84. The van der Waals surface area contributed by atoms with Crippen LogP contribution in [0.5, 0.6) is 5.88 Å². The van der Waals surface area contributed by atoms with Crippen LogP contribution in [-0.2, 0) is 14.3 Å². The van der Waals surface area contributed by atoms with Gasteiger partial charge in [-0.1, -0.05) is 0 Å². The topological polar surface area (TPSA) is 124 Å². The van der Waals surface area contributed by atoms with Crippen LogP contribution in [0, 0.1) is 17.3 Å². The highest BCUT2D eigenvalue weighted by atomic mass is 16.6. The number of nitrogens with two attached hydrogens (primary N) is 1. The molecular weight excluding hydrogens is 326 g/mol. The van der Waals surface area contributed by atoms with Crippen molar-refractivity contribution in [1.82, 2.24) is 9.97 Å². The summed E-state index contributed by atoms with van der Waals surface area (Å²) in [6, 6.07) is 0. The molecule has 134 valence electrons. The summed E-state index contributed by atoms with van der Waals surface area (Å²) < 4.78 is 11.1.